The lowest BCUT2D eigenvalue weighted by Gasteiger charge is -2.06. The molecule has 0 spiro atoms. The second-order valence-electron chi connectivity index (χ2n) is 6.09. The Balaban J connectivity index is 1.69. The third kappa shape index (κ3) is 3.70. The van der Waals surface area contributed by atoms with Gasteiger partial charge in [0.2, 0.25) is 5.91 Å². The first-order valence-electron chi connectivity index (χ1n) is 7.99. The van der Waals surface area contributed by atoms with E-state index in [0.717, 1.165) is 15.8 Å². The average molecular weight is 375 g/mol. The molecule has 2 heterocycles. The molecule has 0 saturated heterocycles. The van der Waals surface area contributed by atoms with Crippen LogP contribution in [0.3, 0.4) is 0 Å². The van der Waals surface area contributed by atoms with Crippen molar-refractivity contribution in [3.8, 4) is 11.4 Å². The number of hydrogen-bond donors (Lipinski definition) is 1. The van der Waals surface area contributed by atoms with Crippen LogP contribution in [0.5, 0.6) is 0 Å². The fraction of sp³-hybridized carbons (Fsp3) is 0.294. The first-order valence-corrected chi connectivity index (χ1v) is 8.37. The van der Waals surface area contributed by atoms with Crippen LogP contribution < -0.4 is 11.0 Å². The van der Waals surface area contributed by atoms with Crippen molar-refractivity contribution in [2.24, 2.45) is 14.1 Å². The number of carbonyl (C=O) groups is 1. The van der Waals surface area contributed by atoms with Crippen LogP contribution in [0.15, 0.2) is 35.4 Å². The summed E-state index contributed by atoms with van der Waals surface area (Å²) < 4.78 is 4.15. The fourth-order valence-corrected chi connectivity index (χ4v) is 2.72. The summed E-state index contributed by atoms with van der Waals surface area (Å²) in [5.74, 6) is 0.154. The second kappa shape index (κ2) is 7.17. The molecule has 0 unspecified atom stereocenters. The van der Waals surface area contributed by atoms with Crippen LogP contribution in [0, 0.1) is 6.92 Å². The van der Waals surface area contributed by atoms with Crippen LogP contribution in [-0.4, -0.2) is 30.0 Å². The molecule has 2 aromatic heterocycles. The molecule has 0 fully saturated rings. The van der Waals surface area contributed by atoms with Gasteiger partial charge in [-0.2, -0.15) is 5.10 Å². The Bertz CT molecular complexity index is 1020. The number of nitrogens with zero attached hydrogens (tertiary/aromatic N) is 5. The third-order valence-corrected chi connectivity index (χ3v) is 4.43. The molecule has 0 saturated carbocycles. The normalized spacial score (nSPS) is 10.9. The van der Waals surface area contributed by atoms with Crippen molar-refractivity contribution >= 4 is 17.5 Å². The highest BCUT2D eigenvalue weighted by Gasteiger charge is 2.15. The number of hydrogen-bond acceptors (Lipinski definition) is 4. The number of rotatable bonds is 5. The maximum absolute atomic E-state index is 12.3. The number of amides is 1. The van der Waals surface area contributed by atoms with E-state index in [4.69, 9.17) is 11.6 Å². The Morgan fingerprint density at radius 1 is 1.31 bits per heavy atom. The number of carbonyl (C=O) groups excluding carboxylic acids is 1. The van der Waals surface area contributed by atoms with Crippen LogP contribution >= 0.6 is 11.6 Å². The summed E-state index contributed by atoms with van der Waals surface area (Å²) >= 11 is 6.08. The van der Waals surface area contributed by atoms with Crippen molar-refractivity contribution in [2.75, 3.05) is 0 Å². The van der Waals surface area contributed by atoms with Crippen LogP contribution in [-0.2, 0) is 32.0 Å². The molecule has 0 bridgehead atoms. The molecular formula is C17H19ClN6O2. The summed E-state index contributed by atoms with van der Waals surface area (Å²) in [7, 11) is 3.39. The summed E-state index contributed by atoms with van der Waals surface area (Å²) in [6.07, 6.45) is 3.38. The van der Waals surface area contributed by atoms with E-state index in [1.165, 1.54) is 4.57 Å². The summed E-state index contributed by atoms with van der Waals surface area (Å²) in [6, 6.07) is 5.60. The quantitative estimate of drug-likeness (QED) is 0.728. The van der Waals surface area contributed by atoms with E-state index in [0.29, 0.717) is 23.0 Å². The first kappa shape index (κ1) is 17.9. The standard InChI is InChI=1S/C17H19ClN6O2/c1-11-4-5-12(6-14(11)18)7-19-15(25)10-24-17(26)23(3)16(21-24)13-8-20-22(2)9-13/h4-6,8-9H,7,10H2,1-3H3,(H,19,25). The van der Waals surface area contributed by atoms with Gasteiger partial charge in [0.15, 0.2) is 5.82 Å². The van der Waals surface area contributed by atoms with Gasteiger partial charge in [-0.15, -0.1) is 5.10 Å². The molecule has 3 aromatic rings. The number of benzene rings is 1. The molecular weight excluding hydrogens is 356 g/mol. The topological polar surface area (TPSA) is 86.7 Å². The van der Waals surface area contributed by atoms with Crippen LogP contribution in [0.4, 0.5) is 0 Å². The third-order valence-electron chi connectivity index (χ3n) is 4.02. The van der Waals surface area contributed by atoms with Crippen molar-refractivity contribution in [2.45, 2.75) is 20.0 Å². The molecule has 136 valence electrons. The van der Waals surface area contributed by atoms with Gasteiger partial charge in [-0.3, -0.25) is 14.0 Å². The molecule has 0 atom stereocenters. The number of halogens is 1. The lowest BCUT2D eigenvalue weighted by atomic mass is 10.1. The van der Waals surface area contributed by atoms with E-state index < -0.39 is 0 Å². The minimum atomic E-state index is -0.364. The Labute approximate surface area is 155 Å². The zero-order chi connectivity index (χ0) is 18.8. The predicted molar refractivity (Wildman–Crippen MR) is 97.7 cm³/mol. The molecule has 0 aliphatic carbocycles. The van der Waals surface area contributed by atoms with Gasteiger partial charge in [0.05, 0.1) is 11.8 Å². The number of aromatic nitrogens is 5. The second-order valence-corrected chi connectivity index (χ2v) is 6.49. The van der Waals surface area contributed by atoms with Crippen LogP contribution in [0.2, 0.25) is 5.02 Å². The van der Waals surface area contributed by atoms with Crippen LogP contribution in [0.25, 0.3) is 11.4 Å². The molecule has 26 heavy (non-hydrogen) atoms. The van der Waals surface area contributed by atoms with E-state index in [2.05, 4.69) is 15.5 Å². The number of aryl methyl sites for hydroxylation is 2. The van der Waals surface area contributed by atoms with Gasteiger partial charge in [0.25, 0.3) is 0 Å². The highest BCUT2D eigenvalue weighted by Crippen LogP contribution is 2.16. The zero-order valence-corrected chi connectivity index (χ0v) is 15.5. The fourth-order valence-electron chi connectivity index (χ4n) is 2.52. The minimum absolute atomic E-state index is 0.160. The van der Waals surface area contributed by atoms with E-state index in [1.807, 2.05) is 25.1 Å². The minimum Gasteiger partial charge on any atom is -0.350 e. The monoisotopic (exact) mass is 374 g/mol. The largest absolute Gasteiger partial charge is 0.350 e. The van der Waals surface area contributed by atoms with Crippen molar-refractivity contribution in [1.82, 2.24) is 29.4 Å². The molecule has 9 heteroatoms. The lowest BCUT2D eigenvalue weighted by Crippen LogP contribution is -2.33. The van der Waals surface area contributed by atoms with Crippen molar-refractivity contribution < 1.29 is 4.79 Å². The van der Waals surface area contributed by atoms with Gasteiger partial charge < -0.3 is 5.32 Å². The Hall–Kier alpha value is -2.87. The summed E-state index contributed by atoms with van der Waals surface area (Å²) in [5, 5.41) is 11.7. The summed E-state index contributed by atoms with van der Waals surface area (Å²) in [4.78, 5) is 24.5. The van der Waals surface area contributed by atoms with E-state index >= 15 is 0 Å². The predicted octanol–water partition coefficient (Wildman–Crippen LogP) is 1.26. The number of nitrogens with one attached hydrogen (secondary N) is 1. The van der Waals surface area contributed by atoms with Gasteiger partial charge >= 0.3 is 5.69 Å². The highest BCUT2D eigenvalue weighted by molar-refractivity contribution is 6.31. The average Bonchev–Trinajstić information content (AvgIpc) is 3.14. The molecule has 1 amide bonds. The van der Waals surface area contributed by atoms with E-state index in [-0.39, 0.29) is 18.1 Å². The molecule has 8 nitrogen and oxygen atoms in total. The molecule has 1 N–H and O–H groups in total. The maximum Gasteiger partial charge on any atom is 0.346 e. The Morgan fingerprint density at radius 2 is 2.08 bits per heavy atom. The Kier molecular flexibility index (Phi) is 4.94. The summed E-state index contributed by atoms with van der Waals surface area (Å²) in [6.45, 7) is 2.08. The zero-order valence-electron chi connectivity index (χ0n) is 14.7. The van der Waals surface area contributed by atoms with Crippen molar-refractivity contribution in [3.05, 3.63) is 57.2 Å². The van der Waals surface area contributed by atoms with E-state index in [1.54, 1.807) is 31.2 Å². The molecule has 0 aliphatic heterocycles. The Morgan fingerprint density at radius 3 is 2.73 bits per heavy atom. The van der Waals surface area contributed by atoms with E-state index in [9.17, 15) is 9.59 Å². The summed E-state index contributed by atoms with van der Waals surface area (Å²) in [5.41, 5.74) is 2.21. The van der Waals surface area contributed by atoms with Gasteiger partial charge in [-0.05, 0) is 24.1 Å². The smallest absolute Gasteiger partial charge is 0.346 e. The first-order chi connectivity index (χ1) is 12.3. The van der Waals surface area contributed by atoms with Crippen molar-refractivity contribution in [1.29, 1.82) is 0 Å². The van der Waals surface area contributed by atoms with Crippen molar-refractivity contribution in [3.63, 3.8) is 0 Å². The highest BCUT2D eigenvalue weighted by atomic mass is 35.5. The SMILES string of the molecule is Cc1ccc(CNC(=O)Cn2nc(-c3cnn(C)c3)n(C)c2=O)cc1Cl. The van der Waals surface area contributed by atoms with Gasteiger partial charge in [-0.25, -0.2) is 9.48 Å². The molecule has 3 rings (SSSR count). The molecule has 0 aliphatic rings. The molecule has 1 aromatic carbocycles. The molecule has 0 radical (unpaired) electrons. The lowest BCUT2D eigenvalue weighted by molar-refractivity contribution is -0.122. The van der Waals surface area contributed by atoms with Crippen LogP contribution in [0.1, 0.15) is 11.1 Å². The maximum atomic E-state index is 12.3. The van der Waals surface area contributed by atoms with Gasteiger partial charge in [-0.1, -0.05) is 23.7 Å². The van der Waals surface area contributed by atoms with Gasteiger partial charge in [0.1, 0.15) is 6.54 Å². The van der Waals surface area contributed by atoms with Gasteiger partial charge in [0, 0.05) is 31.9 Å².